The average Bonchev–Trinajstić information content (AvgIpc) is 1.88. The van der Waals surface area contributed by atoms with Gasteiger partial charge in [-0.3, -0.25) is 0 Å². The largest absolute Gasteiger partial charge is 0.393 e. The van der Waals surface area contributed by atoms with E-state index in [-0.39, 0.29) is 6.10 Å². The molecule has 0 aromatic heterocycles. The molecular formula is C9H18O. The Hall–Kier alpha value is -0.0400. The zero-order valence-electron chi connectivity index (χ0n) is 6.84. The van der Waals surface area contributed by atoms with Gasteiger partial charge in [0.25, 0.3) is 0 Å². The molecule has 1 rings (SSSR count). The van der Waals surface area contributed by atoms with Gasteiger partial charge < -0.3 is 5.11 Å². The van der Waals surface area contributed by atoms with Crippen LogP contribution in [0.15, 0.2) is 0 Å². The smallest absolute Gasteiger partial charge is 0.0542 e. The Morgan fingerprint density at radius 2 is 2.20 bits per heavy atom. The standard InChI is InChI=1S/C9H18O/c1-2-4-8-5-3-6-9(10)7-8/h8-10H,2-7H2,1H3/t8?,9-/m0/s1. The predicted octanol–water partition coefficient (Wildman–Crippen LogP) is 2.34. The molecule has 0 amide bonds. The van der Waals surface area contributed by atoms with E-state index in [4.69, 9.17) is 0 Å². The molecule has 1 saturated carbocycles. The molecule has 1 N–H and O–H groups in total. The summed E-state index contributed by atoms with van der Waals surface area (Å²) in [5, 5.41) is 9.31. The van der Waals surface area contributed by atoms with Crippen LogP contribution in [0.25, 0.3) is 0 Å². The van der Waals surface area contributed by atoms with Crippen molar-refractivity contribution >= 4 is 0 Å². The van der Waals surface area contributed by atoms with E-state index in [2.05, 4.69) is 6.92 Å². The lowest BCUT2D eigenvalue weighted by Crippen LogP contribution is -2.19. The van der Waals surface area contributed by atoms with Crippen LogP contribution in [0.1, 0.15) is 45.4 Å². The van der Waals surface area contributed by atoms with Crippen molar-refractivity contribution in [1.29, 1.82) is 0 Å². The Bertz CT molecular complexity index is 88.7. The second-order valence-corrected chi connectivity index (χ2v) is 3.48. The predicted molar refractivity (Wildman–Crippen MR) is 42.9 cm³/mol. The van der Waals surface area contributed by atoms with Gasteiger partial charge in [0, 0.05) is 0 Å². The third-order valence-electron chi connectivity index (χ3n) is 2.45. The molecule has 0 saturated heterocycles. The third-order valence-corrected chi connectivity index (χ3v) is 2.45. The fourth-order valence-electron chi connectivity index (χ4n) is 1.93. The van der Waals surface area contributed by atoms with E-state index in [1.54, 1.807) is 0 Å². The Balaban J connectivity index is 2.18. The zero-order chi connectivity index (χ0) is 7.40. The lowest BCUT2D eigenvalue weighted by atomic mass is 9.85. The highest BCUT2D eigenvalue weighted by molar-refractivity contribution is 4.71. The van der Waals surface area contributed by atoms with Crippen molar-refractivity contribution in [3.05, 3.63) is 0 Å². The number of aliphatic hydroxyl groups excluding tert-OH is 1. The summed E-state index contributed by atoms with van der Waals surface area (Å²) in [5.74, 6) is 0.828. The monoisotopic (exact) mass is 142 g/mol. The molecule has 0 aromatic carbocycles. The quantitative estimate of drug-likeness (QED) is 0.627. The molecule has 0 radical (unpaired) electrons. The van der Waals surface area contributed by atoms with Gasteiger partial charge >= 0.3 is 0 Å². The summed E-state index contributed by atoms with van der Waals surface area (Å²) in [6.45, 7) is 2.22. The van der Waals surface area contributed by atoms with Crippen LogP contribution in [-0.2, 0) is 0 Å². The minimum absolute atomic E-state index is 0.0188. The van der Waals surface area contributed by atoms with Gasteiger partial charge in [0.15, 0.2) is 0 Å². The van der Waals surface area contributed by atoms with Crippen molar-refractivity contribution in [2.45, 2.75) is 51.6 Å². The van der Waals surface area contributed by atoms with Crippen molar-refractivity contribution in [2.75, 3.05) is 0 Å². The molecule has 60 valence electrons. The van der Waals surface area contributed by atoms with Gasteiger partial charge in [0.05, 0.1) is 6.10 Å². The first-order valence-electron chi connectivity index (χ1n) is 4.51. The number of hydrogen-bond acceptors (Lipinski definition) is 1. The fourth-order valence-corrected chi connectivity index (χ4v) is 1.93. The van der Waals surface area contributed by atoms with E-state index in [0.29, 0.717) is 0 Å². The van der Waals surface area contributed by atoms with E-state index < -0.39 is 0 Å². The number of hydrogen-bond donors (Lipinski definition) is 1. The minimum atomic E-state index is 0.0188. The van der Waals surface area contributed by atoms with Gasteiger partial charge in [-0.1, -0.05) is 32.6 Å². The molecule has 0 heterocycles. The van der Waals surface area contributed by atoms with Crippen molar-refractivity contribution < 1.29 is 5.11 Å². The summed E-state index contributed by atoms with van der Waals surface area (Å²) in [7, 11) is 0. The molecule has 1 aliphatic rings. The Kier molecular flexibility index (Phi) is 3.20. The van der Waals surface area contributed by atoms with Crippen molar-refractivity contribution in [2.24, 2.45) is 5.92 Å². The zero-order valence-corrected chi connectivity index (χ0v) is 6.84. The Labute approximate surface area is 63.4 Å². The third kappa shape index (κ3) is 2.30. The topological polar surface area (TPSA) is 20.2 Å². The average molecular weight is 142 g/mol. The van der Waals surface area contributed by atoms with Gasteiger partial charge in [0.2, 0.25) is 0 Å². The number of rotatable bonds is 2. The minimum Gasteiger partial charge on any atom is -0.393 e. The van der Waals surface area contributed by atoms with Gasteiger partial charge in [-0.25, -0.2) is 0 Å². The van der Waals surface area contributed by atoms with Crippen LogP contribution in [0.5, 0.6) is 0 Å². The molecule has 1 nitrogen and oxygen atoms in total. The first-order chi connectivity index (χ1) is 4.83. The van der Waals surface area contributed by atoms with Gasteiger partial charge in [-0.2, -0.15) is 0 Å². The van der Waals surface area contributed by atoms with Crippen LogP contribution in [0.2, 0.25) is 0 Å². The molecule has 2 atom stereocenters. The van der Waals surface area contributed by atoms with E-state index >= 15 is 0 Å². The SMILES string of the molecule is CCCC1CCC[C@H](O)C1. The molecule has 0 bridgehead atoms. The normalized spacial score (nSPS) is 34.2. The Morgan fingerprint density at radius 1 is 1.40 bits per heavy atom. The first kappa shape index (κ1) is 8.06. The maximum absolute atomic E-state index is 9.31. The number of aliphatic hydroxyl groups is 1. The highest BCUT2D eigenvalue weighted by atomic mass is 16.3. The van der Waals surface area contributed by atoms with E-state index in [0.717, 1.165) is 18.8 Å². The van der Waals surface area contributed by atoms with Gasteiger partial charge in [-0.05, 0) is 18.8 Å². The molecule has 0 spiro atoms. The molecule has 10 heavy (non-hydrogen) atoms. The molecular weight excluding hydrogens is 124 g/mol. The molecule has 1 unspecified atom stereocenters. The van der Waals surface area contributed by atoms with E-state index in [1.807, 2.05) is 0 Å². The highest BCUT2D eigenvalue weighted by Gasteiger charge is 2.18. The van der Waals surface area contributed by atoms with Crippen molar-refractivity contribution in [3.63, 3.8) is 0 Å². The fraction of sp³-hybridized carbons (Fsp3) is 1.00. The van der Waals surface area contributed by atoms with Crippen molar-refractivity contribution in [3.8, 4) is 0 Å². The van der Waals surface area contributed by atoms with Crippen molar-refractivity contribution in [1.82, 2.24) is 0 Å². The second kappa shape index (κ2) is 3.97. The Morgan fingerprint density at radius 3 is 2.80 bits per heavy atom. The highest BCUT2D eigenvalue weighted by Crippen LogP contribution is 2.27. The van der Waals surface area contributed by atoms with Crippen LogP contribution in [0.3, 0.4) is 0 Å². The lowest BCUT2D eigenvalue weighted by Gasteiger charge is -2.25. The van der Waals surface area contributed by atoms with E-state index in [1.165, 1.54) is 25.7 Å². The van der Waals surface area contributed by atoms with Crippen LogP contribution >= 0.6 is 0 Å². The van der Waals surface area contributed by atoms with Gasteiger partial charge in [0.1, 0.15) is 0 Å². The maximum Gasteiger partial charge on any atom is 0.0542 e. The summed E-state index contributed by atoms with van der Waals surface area (Å²) in [6.07, 6.45) is 7.31. The maximum atomic E-state index is 9.31. The molecule has 1 fully saturated rings. The van der Waals surface area contributed by atoms with Crippen LogP contribution in [0.4, 0.5) is 0 Å². The summed E-state index contributed by atoms with van der Waals surface area (Å²) in [5.41, 5.74) is 0. The lowest BCUT2D eigenvalue weighted by molar-refractivity contribution is 0.0981. The molecule has 1 heteroatoms. The van der Waals surface area contributed by atoms with Gasteiger partial charge in [-0.15, -0.1) is 0 Å². The second-order valence-electron chi connectivity index (χ2n) is 3.48. The molecule has 1 aliphatic carbocycles. The summed E-state index contributed by atoms with van der Waals surface area (Å²) in [6, 6.07) is 0. The van der Waals surface area contributed by atoms with Crippen LogP contribution in [0, 0.1) is 5.92 Å². The van der Waals surface area contributed by atoms with E-state index in [9.17, 15) is 5.11 Å². The van der Waals surface area contributed by atoms with Crippen LogP contribution in [-0.4, -0.2) is 11.2 Å². The summed E-state index contributed by atoms with van der Waals surface area (Å²) >= 11 is 0. The first-order valence-corrected chi connectivity index (χ1v) is 4.51. The molecule has 0 aromatic rings. The summed E-state index contributed by atoms with van der Waals surface area (Å²) in [4.78, 5) is 0. The molecule has 0 aliphatic heterocycles. The van der Waals surface area contributed by atoms with Crippen LogP contribution < -0.4 is 0 Å². The summed E-state index contributed by atoms with van der Waals surface area (Å²) < 4.78 is 0.